The predicted molar refractivity (Wildman–Crippen MR) is 223 cm³/mol. The zero-order chi connectivity index (χ0) is 39.5. The molecule has 0 aliphatic rings. The van der Waals surface area contributed by atoms with Gasteiger partial charge < -0.3 is 19.1 Å². The Morgan fingerprint density at radius 2 is 1.02 bits per heavy atom. The van der Waals surface area contributed by atoms with Crippen LogP contribution in [0.15, 0.2) is 0 Å². The SMILES string of the molecule is CCCCCC(CCCCC)CCOC(=O)CCCCCCCCC(CCCCCCC(=O)OCC(CCC(C)C)C(C)C)C(=O)OCCCN(C)C. The monoisotopic (exact) mass is 752 g/mol. The van der Waals surface area contributed by atoms with Crippen molar-refractivity contribution in [3.63, 3.8) is 0 Å². The normalized spacial score (nSPS) is 12.9. The molecule has 0 aromatic heterocycles. The maximum absolute atomic E-state index is 13.0. The molecule has 2 atom stereocenters. The van der Waals surface area contributed by atoms with E-state index in [-0.39, 0.29) is 23.8 Å². The van der Waals surface area contributed by atoms with Gasteiger partial charge in [-0.1, -0.05) is 151 Å². The van der Waals surface area contributed by atoms with E-state index in [1.807, 2.05) is 14.1 Å². The highest BCUT2D eigenvalue weighted by atomic mass is 16.5. The second-order valence-corrected chi connectivity index (χ2v) is 17.2. The summed E-state index contributed by atoms with van der Waals surface area (Å²) in [5.41, 5.74) is 0. The quantitative estimate of drug-likeness (QED) is 0.0353. The highest BCUT2D eigenvalue weighted by Crippen LogP contribution is 2.24. The molecule has 7 nitrogen and oxygen atoms in total. The summed E-state index contributed by atoms with van der Waals surface area (Å²) < 4.78 is 17.0. The van der Waals surface area contributed by atoms with E-state index in [1.54, 1.807) is 0 Å². The van der Waals surface area contributed by atoms with E-state index in [0.29, 0.717) is 56.3 Å². The summed E-state index contributed by atoms with van der Waals surface area (Å²) in [6.07, 6.45) is 27.2. The first-order valence-electron chi connectivity index (χ1n) is 22.6. The summed E-state index contributed by atoms with van der Waals surface area (Å²) in [6, 6.07) is 0. The Kier molecular flexibility index (Phi) is 34.9. The van der Waals surface area contributed by atoms with Crippen molar-refractivity contribution < 1.29 is 28.6 Å². The maximum atomic E-state index is 13.0. The predicted octanol–water partition coefficient (Wildman–Crippen LogP) is 12.5. The van der Waals surface area contributed by atoms with Gasteiger partial charge in [-0.05, 0) is 82.7 Å². The minimum Gasteiger partial charge on any atom is -0.466 e. The number of carbonyl (C=O) groups excluding carboxylic acids is 3. The minimum absolute atomic E-state index is 0.0370. The van der Waals surface area contributed by atoms with Crippen LogP contribution in [-0.2, 0) is 28.6 Å². The molecule has 0 aromatic carbocycles. The van der Waals surface area contributed by atoms with Crippen LogP contribution in [0.4, 0.5) is 0 Å². The van der Waals surface area contributed by atoms with Crippen LogP contribution < -0.4 is 0 Å². The number of hydrogen-bond donors (Lipinski definition) is 0. The third kappa shape index (κ3) is 33.4. The van der Waals surface area contributed by atoms with Crippen LogP contribution in [-0.4, -0.2) is 63.3 Å². The van der Waals surface area contributed by atoms with Crippen LogP contribution in [0.2, 0.25) is 0 Å². The first-order chi connectivity index (χ1) is 25.5. The summed E-state index contributed by atoms with van der Waals surface area (Å²) >= 11 is 0. The first kappa shape index (κ1) is 51.4. The third-order valence-electron chi connectivity index (χ3n) is 10.9. The molecular weight excluding hydrogens is 663 g/mol. The smallest absolute Gasteiger partial charge is 0.308 e. The number of rotatable bonds is 38. The van der Waals surface area contributed by atoms with Gasteiger partial charge in [0.25, 0.3) is 0 Å². The van der Waals surface area contributed by atoms with Crippen LogP contribution in [0.3, 0.4) is 0 Å². The van der Waals surface area contributed by atoms with E-state index < -0.39 is 0 Å². The van der Waals surface area contributed by atoms with E-state index >= 15 is 0 Å². The molecule has 0 amide bonds. The van der Waals surface area contributed by atoms with E-state index in [1.165, 1.54) is 57.8 Å². The van der Waals surface area contributed by atoms with Crippen LogP contribution in [0, 0.1) is 29.6 Å². The van der Waals surface area contributed by atoms with Crippen molar-refractivity contribution in [1.82, 2.24) is 4.90 Å². The molecule has 0 aliphatic heterocycles. The summed E-state index contributed by atoms with van der Waals surface area (Å²) in [6.45, 7) is 15.9. The molecule has 53 heavy (non-hydrogen) atoms. The van der Waals surface area contributed by atoms with Crippen molar-refractivity contribution in [2.24, 2.45) is 29.6 Å². The average molecular weight is 752 g/mol. The lowest BCUT2D eigenvalue weighted by Gasteiger charge is -2.21. The molecule has 2 unspecified atom stereocenters. The van der Waals surface area contributed by atoms with Gasteiger partial charge in [0, 0.05) is 19.4 Å². The van der Waals surface area contributed by atoms with E-state index in [0.717, 1.165) is 103 Å². The zero-order valence-corrected chi connectivity index (χ0v) is 36.5. The molecule has 0 spiro atoms. The standard InChI is InChI=1S/C46H89NO6/c1-9-11-19-26-41(27-20-12-10-2)34-37-51-44(48)30-23-16-14-13-15-21-28-42(46(50)52-36-25-35-47(7)8)29-22-17-18-24-31-45(49)53-38-43(40(5)6)33-32-39(3)4/h39-43H,9-38H2,1-8H3. The van der Waals surface area contributed by atoms with Crippen molar-refractivity contribution in [2.45, 2.75) is 208 Å². The lowest BCUT2D eigenvalue weighted by molar-refractivity contribution is -0.149. The highest BCUT2D eigenvalue weighted by Gasteiger charge is 2.20. The number of carbonyl (C=O) groups is 3. The molecule has 314 valence electrons. The van der Waals surface area contributed by atoms with Crippen LogP contribution >= 0.6 is 0 Å². The van der Waals surface area contributed by atoms with Crippen molar-refractivity contribution >= 4 is 17.9 Å². The van der Waals surface area contributed by atoms with E-state index in [2.05, 4.69) is 46.4 Å². The molecule has 0 saturated carbocycles. The van der Waals surface area contributed by atoms with Gasteiger partial charge >= 0.3 is 17.9 Å². The third-order valence-corrected chi connectivity index (χ3v) is 10.9. The minimum atomic E-state index is -0.0750. The topological polar surface area (TPSA) is 82.1 Å². The second-order valence-electron chi connectivity index (χ2n) is 17.2. The molecule has 0 heterocycles. The molecule has 7 heteroatoms. The average Bonchev–Trinajstić information content (AvgIpc) is 3.11. The fraction of sp³-hybridized carbons (Fsp3) is 0.935. The Hall–Kier alpha value is -1.63. The lowest BCUT2D eigenvalue weighted by Crippen LogP contribution is -2.21. The van der Waals surface area contributed by atoms with Crippen LogP contribution in [0.25, 0.3) is 0 Å². The van der Waals surface area contributed by atoms with Gasteiger partial charge in [0.2, 0.25) is 0 Å². The van der Waals surface area contributed by atoms with Gasteiger partial charge in [0.05, 0.1) is 25.7 Å². The highest BCUT2D eigenvalue weighted by molar-refractivity contribution is 5.72. The van der Waals surface area contributed by atoms with Crippen molar-refractivity contribution in [3.05, 3.63) is 0 Å². The molecule has 0 aliphatic carbocycles. The fourth-order valence-corrected chi connectivity index (χ4v) is 7.07. The number of hydrogen-bond acceptors (Lipinski definition) is 7. The maximum Gasteiger partial charge on any atom is 0.308 e. The van der Waals surface area contributed by atoms with Crippen LogP contribution in [0.5, 0.6) is 0 Å². The van der Waals surface area contributed by atoms with Crippen molar-refractivity contribution in [2.75, 3.05) is 40.5 Å². The Balaban J connectivity index is 4.35. The molecule has 0 N–H and O–H groups in total. The fourth-order valence-electron chi connectivity index (χ4n) is 7.07. The Bertz CT molecular complexity index is 849. The Morgan fingerprint density at radius 3 is 1.53 bits per heavy atom. The first-order valence-corrected chi connectivity index (χ1v) is 22.6. The Labute approximate surface area is 329 Å². The summed E-state index contributed by atoms with van der Waals surface area (Å²) in [5, 5.41) is 0. The Morgan fingerprint density at radius 1 is 0.509 bits per heavy atom. The van der Waals surface area contributed by atoms with Crippen LogP contribution in [0.1, 0.15) is 208 Å². The van der Waals surface area contributed by atoms with Gasteiger partial charge in [-0.2, -0.15) is 0 Å². The summed E-state index contributed by atoms with van der Waals surface area (Å²) in [4.78, 5) is 39.8. The van der Waals surface area contributed by atoms with E-state index in [4.69, 9.17) is 14.2 Å². The van der Waals surface area contributed by atoms with Crippen molar-refractivity contribution in [1.29, 1.82) is 0 Å². The lowest BCUT2D eigenvalue weighted by atomic mass is 9.89. The summed E-state index contributed by atoms with van der Waals surface area (Å²) in [5.74, 6) is 2.11. The molecule has 0 aromatic rings. The van der Waals surface area contributed by atoms with Gasteiger partial charge in [0.15, 0.2) is 0 Å². The molecule has 0 radical (unpaired) electrons. The van der Waals surface area contributed by atoms with Crippen molar-refractivity contribution in [3.8, 4) is 0 Å². The number of unbranched alkanes of at least 4 members (excludes halogenated alkanes) is 12. The number of esters is 3. The number of ether oxygens (including phenoxy) is 3. The second kappa shape index (κ2) is 36.0. The molecular formula is C46H89NO6. The molecule has 0 saturated heterocycles. The number of nitrogens with zero attached hydrogens (tertiary/aromatic N) is 1. The van der Waals surface area contributed by atoms with Gasteiger partial charge in [-0.25, -0.2) is 0 Å². The summed E-state index contributed by atoms with van der Waals surface area (Å²) in [7, 11) is 4.07. The molecule has 0 bridgehead atoms. The van der Waals surface area contributed by atoms with Gasteiger partial charge in [-0.3, -0.25) is 14.4 Å². The van der Waals surface area contributed by atoms with E-state index in [9.17, 15) is 14.4 Å². The van der Waals surface area contributed by atoms with Gasteiger partial charge in [0.1, 0.15) is 0 Å². The van der Waals surface area contributed by atoms with Gasteiger partial charge in [-0.15, -0.1) is 0 Å². The molecule has 0 rings (SSSR count). The largest absolute Gasteiger partial charge is 0.466 e. The zero-order valence-electron chi connectivity index (χ0n) is 36.5. The molecule has 0 fully saturated rings.